The van der Waals surface area contributed by atoms with E-state index in [0.29, 0.717) is 4.47 Å². The van der Waals surface area contributed by atoms with E-state index in [0.717, 1.165) is 0 Å². The number of benzene rings is 1. The molecule has 0 saturated heterocycles. The number of hydrogen-bond donors (Lipinski definition) is 1. The van der Waals surface area contributed by atoms with E-state index in [2.05, 4.69) is 15.9 Å². The van der Waals surface area contributed by atoms with E-state index in [-0.39, 0.29) is 10.6 Å². The molecule has 0 aliphatic heterocycles. The van der Waals surface area contributed by atoms with Crippen molar-refractivity contribution in [2.24, 2.45) is 5.73 Å². The third kappa shape index (κ3) is 2.62. The molecule has 1 aromatic carbocycles. The molecule has 0 spiro atoms. The molecule has 6 heteroatoms. The van der Waals surface area contributed by atoms with Gasteiger partial charge in [0.15, 0.2) is 0 Å². The van der Waals surface area contributed by atoms with Crippen molar-refractivity contribution in [1.82, 2.24) is 0 Å². The molecule has 0 unspecified atom stereocenters. The van der Waals surface area contributed by atoms with Crippen LogP contribution in [0, 0.1) is 0 Å². The number of hydrogen-bond acceptors (Lipinski definition) is 1. The Bertz CT molecular complexity index is 340. The maximum absolute atomic E-state index is 12.3. The zero-order chi connectivity index (χ0) is 10.9. The quantitative estimate of drug-likeness (QED) is 0.838. The SMILES string of the molecule is N[C@@H](c1cc(Cl)ccc1Br)C(F)(F)F. The molecule has 1 rings (SSSR count). The van der Waals surface area contributed by atoms with E-state index in [1.165, 1.54) is 18.2 Å². The second kappa shape index (κ2) is 4.08. The summed E-state index contributed by atoms with van der Waals surface area (Å²) in [5.74, 6) is 0. The largest absolute Gasteiger partial charge is 0.407 e. The molecule has 0 aliphatic rings. The summed E-state index contributed by atoms with van der Waals surface area (Å²) in [4.78, 5) is 0. The Morgan fingerprint density at radius 2 is 1.93 bits per heavy atom. The maximum atomic E-state index is 12.3. The van der Waals surface area contributed by atoms with Crippen LogP contribution < -0.4 is 5.73 Å². The van der Waals surface area contributed by atoms with E-state index in [1.807, 2.05) is 0 Å². The summed E-state index contributed by atoms with van der Waals surface area (Å²) in [7, 11) is 0. The van der Waals surface area contributed by atoms with Crippen molar-refractivity contribution < 1.29 is 13.2 Å². The summed E-state index contributed by atoms with van der Waals surface area (Å²) in [6, 6.07) is 2.10. The second-order valence-electron chi connectivity index (χ2n) is 2.69. The smallest absolute Gasteiger partial charge is 0.316 e. The highest BCUT2D eigenvalue weighted by molar-refractivity contribution is 9.10. The number of halogens is 5. The van der Waals surface area contributed by atoms with E-state index >= 15 is 0 Å². The van der Waals surface area contributed by atoms with E-state index in [9.17, 15) is 13.2 Å². The fraction of sp³-hybridized carbons (Fsp3) is 0.250. The zero-order valence-corrected chi connectivity index (χ0v) is 9.12. The van der Waals surface area contributed by atoms with Crippen molar-refractivity contribution in [2.45, 2.75) is 12.2 Å². The topological polar surface area (TPSA) is 26.0 Å². The van der Waals surface area contributed by atoms with Crippen LogP contribution in [0.25, 0.3) is 0 Å². The molecule has 1 aromatic rings. The van der Waals surface area contributed by atoms with Crippen molar-refractivity contribution in [1.29, 1.82) is 0 Å². The monoisotopic (exact) mass is 287 g/mol. The number of nitrogens with two attached hydrogens (primary N) is 1. The lowest BCUT2D eigenvalue weighted by atomic mass is 10.1. The molecule has 78 valence electrons. The van der Waals surface area contributed by atoms with Gasteiger partial charge in [-0.25, -0.2) is 0 Å². The van der Waals surface area contributed by atoms with Crippen LogP contribution in [0.1, 0.15) is 11.6 Å². The van der Waals surface area contributed by atoms with E-state index in [4.69, 9.17) is 17.3 Å². The van der Waals surface area contributed by atoms with Gasteiger partial charge in [-0.3, -0.25) is 0 Å². The first-order valence-electron chi connectivity index (χ1n) is 3.59. The van der Waals surface area contributed by atoms with Gasteiger partial charge in [0.2, 0.25) is 0 Å². The molecule has 0 radical (unpaired) electrons. The zero-order valence-electron chi connectivity index (χ0n) is 6.78. The van der Waals surface area contributed by atoms with Gasteiger partial charge in [0.05, 0.1) is 0 Å². The van der Waals surface area contributed by atoms with E-state index < -0.39 is 12.2 Å². The van der Waals surface area contributed by atoms with Crippen molar-refractivity contribution in [2.75, 3.05) is 0 Å². The third-order valence-electron chi connectivity index (χ3n) is 1.65. The minimum atomic E-state index is -4.47. The summed E-state index contributed by atoms with van der Waals surface area (Å²) in [5, 5.41) is 0.225. The Kier molecular flexibility index (Phi) is 3.44. The van der Waals surface area contributed by atoms with Gasteiger partial charge in [0, 0.05) is 9.50 Å². The lowest BCUT2D eigenvalue weighted by Gasteiger charge is -2.17. The van der Waals surface area contributed by atoms with Crippen LogP contribution in [0.15, 0.2) is 22.7 Å². The Balaban J connectivity index is 3.12. The molecule has 0 amide bonds. The Hall–Kier alpha value is -0.260. The van der Waals surface area contributed by atoms with Gasteiger partial charge in [0.25, 0.3) is 0 Å². The van der Waals surface area contributed by atoms with Gasteiger partial charge in [-0.05, 0) is 23.8 Å². The van der Waals surface area contributed by atoms with Crippen molar-refractivity contribution >= 4 is 27.5 Å². The predicted molar refractivity (Wildman–Crippen MR) is 52.1 cm³/mol. The molecule has 2 N–H and O–H groups in total. The van der Waals surface area contributed by atoms with Gasteiger partial charge in [-0.2, -0.15) is 13.2 Å². The molecule has 0 fully saturated rings. The average molecular weight is 288 g/mol. The van der Waals surface area contributed by atoms with Crippen LogP contribution in [0.4, 0.5) is 13.2 Å². The molecular formula is C8H6BrClF3N. The molecule has 0 bridgehead atoms. The Morgan fingerprint density at radius 1 is 1.36 bits per heavy atom. The minimum absolute atomic E-state index is 0.0648. The van der Waals surface area contributed by atoms with Crippen LogP contribution >= 0.6 is 27.5 Å². The second-order valence-corrected chi connectivity index (χ2v) is 3.98. The first-order valence-corrected chi connectivity index (χ1v) is 4.76. The van der Waals surface area contributed by atoms with Crippen LogP contribution in [0.5, 0.6) is 0 Å². The third-order valence-corrected chi connectivity index (χ3v) is 2.60. The van der Waals surface area contributed by atoms with Crippen molar-refractivity contribution in [3.05, 3.63) is 33.3 Å². The average Bonchev–Trinajstić information content (AvgIpc) is 2.06. The van der Waals surface area contributed by atoms with Gasteiger partial charge in [0.1, 0.15) is 6.04 Å². The Labute approximate surface area is 92.2 Å². The van der Waals surface area contributed by atoms with Gasteiger partial charge >= 0.3 is 6.18 Å². The highest BCUT2D eigenvalue weighted by Gasteiger charge is 2.38. The normalized spacial score (nSPS) is 14.1. The van der Waals surface area contributed by atoms with Crippen molar-refractivity contribution in [3.63, 3.8) is 0 Å². The standard InChI is InChI=1S/C8H6BrClF3N/c9-6-2-1-4(10)3-5(6)7(14)8(11,12)13/h1-3,7H,14H2/t7-/m0/s1. The molecule has 14 heavy (non-hydrogen) atoms. The first-order chi connectivity index (χ1) is 6.32. The first kappa shape index (κ1) is 11.8. The van der Waals surface area contributed by atoms with Crippen LogP contribution in [0.2, 0.25) is 5.02 Å². The van der Waals surface area contributed by atoms with E-state index in [1.54, 1.807) is 0 Å². The summed E-state index contributed by atoms with van der Waals surface area (Å²) in [6.07, 6.45) is -4.47. The summed E-state index contributed by atoms with van der Waals surface area (Å²) in [5.41, 5.74) is 4.96. The van der Waals surface area contributed by atoms with Gasteiger partial charge in [-0.1, -0.05) is 27.5 Å². The lowest BCUT2D eigenvalue weighted by molar-refractivity contribution is -0.149. The number of alkyl halides is 3. The fourth-order valence-corrected chi connectivity index (χ4v) is 1.60. The van der Waals surface area contributed by atoms with Crippen LogP contribution in [0.3, 0.4) is 0 Å². The minimum Gasteiger partial charge on any atom is -0.316 e. The molecule has 1 nitrogen and oxygen atoms in total. The highest BCUT2D eigenvalue weighted by atomic mass is 79.9. The highest BCUT2D eigenvalue weighted by Crippen LogP contribution is 2.35. The maximum Gasteiger partial charge on any atom is 0.407 e. The molecule has 1 atom stereocenters. The summed E-state index contributed by atoms with van der Waals surface area (Å²) >= 11 is 8.55. The molecule has 0 aromatic heterocycles. The molecule has 0 saturated carbocycles. The number of rotatable bonds is 1. The fourth-order valence-electron chi connectivity index (χ4n) is 0.929. The molecule has 0 heterocycles. The van der Waals surface area contributed by atoms with Crippen molar-refractivity contribution in [3.8, 4) is 0 Å². The van der Waals surface area contributed by atoms with Gasteiger partial charge < -0.3 is 5.73 Å². The van der Waals surface area contributed by atoms with Crippen LogP contribution in [-0.4, -0.2) is 6.18 Å². The predicted octanol–water partition coefficient (Wildman–Crippen LogP) is 3.66. The summed E-state index contributed by atoms with van der Waals surface area (Å²) < 4.78 is 37.1. The Morgan fingerprint density at radius 3 is 2.43 bits per heavy atom. The summed E-state index contributed by atoms with van der Waals surface area (Å²) in [6.45, 7) is 0. The lowest BCUT2D eigenvalue weighted by Crippen LogP contribution is -2.28. The molecule has 0 aliphatic carbocycles. The molecular weight excluding hydrogens is 282 g/mol. The van der Waals surface area contributed by atoms with Crippen LogP contribution in [-0.2, 0) is 0 Å². The van der Waals surface area contributed by atoms with Gasteiger partial charge in [-0.15, -0.1) is 0 Å².